The maximum Gasteiger partial charge on any atom is 0.353 e. The predicted molar refractivity (Wildman–Crippen MR) is 110 cm³/mol. The standard InChI is InChI=1S/C19H28N4O6S/c1-8-14-13(9(2)20-7-12(24)25)18(27)23(14)15(19(28)29)16(8)30-10-5-11(21-6-10)17(26)22(3)4/h8-11,13-14,20-21H,5-7H2,1-4H3,(H,24,25)(H,28,29)/t8-,9-,10+,11+,13-,14-/m1/s1. The summed E-state index contributed by atoms with van der Waals surface area (Å²) in [6.07, 6.45) is 0.587. The molecule has 3 rings (SSSR count). The molecule has 3 aliphatic rings. The van der Waals surface area contributed by atoms with Crippen molar-refractivity contribution >= 4 is 35.5 Å². The SMILES string of the molecule is C[C@@H](NCC(=O)O)[C@H]1C(=O)N2C(C(=O)O)=C(S[C@@H]3CN[C@H](C(=O)N(C)C)C3)[C@H](C)[C@H]12. The normalized spacial score (nSPS) is 31.4. The Kier molecular flexibility index (Phi) is 6.44. The number of nitrogens with one attached hydrogen (secondary N) is 2. The highest BCUT2D eigenvalue weighted by atomic mass is 32.2. The van der Waals surface area contributed by atoms with Crippen LogP contribution in [0.3, 0.4) is 0 Å². The molecular weight excluding hydrogens is 412 g/mol. The minimum atomic E-state index is -1.14. The second kappa shape index (κ2) is 8.56. The first-order chi connectivity index (χ1) is 14.0. The number of amides is 2. The molecule has 4 N–H and O–H groups in total. The number of hydrogen-bond donors (Lipinski definition) is 4. The second-order valence-electron chi connectivity index (χ2n) is 8.26. The summed E-state index contributed by atoms with van der Waals surface area (Å²) in [4.78, 5) is 51.3. The average Bonchev–Trinajstić information content (AvgIpc) is 3.22. The number of hydrogen-bond acceptors (Lipinski definition) is 7. The number of likely N-dealkylation sites (N-methyl/N-ethyl adjacent to an activating group) is 1. The lowest BCUT2D eigenvalue weighted by Crippen LogP contribution is -2.66. The summed E-state index contributed by atoms with van der Waals surface area (Å²) >= 11 is 1.43. The molecule has 30 heavy (non-hydrogen) atoms. The number of aliphatic carboxylic acids is 2. The molecule has 0 aliphatic carbocycles. The molecule has 0 unspecified atom stereocenters. The van der Waals surface area contributed by atoms with Gasteiger partial charge in [-0.15, -0.1) is 11.8 Å². The molecule has 0 aromatic carbocycles. The third-order valence-electron chi connectivity index (χ3n) is 6.03. The number of carboxylic acids is 2. The molecule has 0 aromatic rings. The fourth-order valence-electron chi connectivity index (χ4n) is 4.54. The number of carboxylic acid groups (broad SMARTS) is 2. The summed E-state index contributed by atoms with van der Waals surface area (Å²) in [5, 5.41) is 24.7. The third-order valence-corrected chi connectivity index (χ3v) is 7.54. The van der Waals surface area contributed by atoms with Crippen molar-refractivity contribution in [2.45, 2.75) is 43.6 Å². The highest BCUT2D eigenvalue weighted by molar-refractivity contribution is 8.03. The van der Waals surface area contributed by atoms with Gasteiger partial charge in [0.2, 0.25) is 11.8 Å². The van der Waals surface area contributed by atoms with Crippen molar-refractivity contribution in [1.29, 1.82) is 0 Å². The van der Waals surface area contributed by atoms with Gasteiger partial charge in [-0.2, -0.15) is 0 Å². The molecule has 0 spiro atoms. The molecular formula is C19H28N4O6S. The van der Waals surface area contributed by atoms with E-state index in [4.69, 9.17) is 5.11 Å². The lowest BCUT2D eigenvalue weighted by atomic mass is 9.78. The van der Waals surface area contributed by atoms with E-state index in [1.54, 1.807) is 21.0 Å². The van der Waals surface area contributed by atoms with Crippen LogP contribution in [-0.2, 0) is 19.2 Å². The van der Waals surface area contributed by atoms with E-state index in [9.17, 15) is 24.3 Å². The monoisotopic (exact) mass is 440 g/mol. The number of rotatable bonds is 8. The molecule has 2 fully saturated rings. The summed E-state index contributed by atoms with van der Waals surface area (Å²) in [5.74, 6) is -3.12. The Balaban J connectivity index is 1.74. The zero-order valence-electron chi connectivity index (χ0n) is 17.4. The molecule has 11 heteroatoms. The highest BCUT2D eigenvalue weighted by Gasteiger charge is 2.60. The largest absolute Gasteiger partial charge is 0.480 e. The van der Waals surface area contributed by atoms with Gasteiger partial charge in [-0.3, -0.25) is 14.4 Å². The van der Waals surface area contributed by atoms with Gasteiger partial charge in [-0.25, -0.2) is 4.79 Å². The zero-order chi connectivity index (χ0) is 22.3. The summed E-state index contributed by atoms with van der Waals surface area (Å²) < 4.78 is 0. The number of carbonyl (C=O) groups is 4. The Labute approximate surface area is 179 Å². The lowest BCUT2D eigenvalue weighted by molar-refractivity contribution is -0.158. The van der Waals surface area contributed by atoms with Gasteiger partial charge in [-0.1, -0.05) is 6.92 Å². The zero-order valence-corrected chi connectivity index (χ0v) is 18.2. The van der Waals surface area contributed by atoms with Crippen LogP contribution in [-0.4, -0.2) is 94.3 Å². The first kappa shape index (κ1) is 22.6. The van der Waals surface area contributed by atoms with Crippen LogP contribution in [0.25, 0.3) is 0 Å². The van der Waals surface area contributed by atoms with Crippen LogP contribution >= 0.6 is 11.8 Å². The Hall–Kier alpha value is -2.11. The van der Waals surface area contributed by atoms with Gasteiger partial charge < -0.3 is 30.6 Å². The van der Waals surface area contributed by atoms with Gasteiger partial charge in [0, 0.05) is 42.8 Å². The molecule has 10 nitrogen and oxygen atoms in total. The van der Waals surface area contributed by atoms with Crippen LogP contribution in [0, 0.1) is 11.8 Å². The third kappa shape index (κ3) is 3.93. The van der Waals surface area contributed by atoms with Crippen molar-refractivity contribution in [2.24, 2.45) is 11.8 Å². The Morgan fingerprint density at radius 3 is 2.57 bits per heavy atom. The van der Waals surface area contributed by atoms with Crippen LogP contribution in [0.15, 0.2) is 10.6 Å². The molecule has 2 amide bonds. The van der Waals surface area contributed by atoms with Gasteiger partial charge >= 0.3 is 11.9 Å². The Morgan fingerprint density at radius 2 is 2.00 bits per heavy atom. The van der Waals surface area contributed by atoms with Gasteiger partial charge in [0.25, 0.3) is 0 Å². The molecule has 0 radical (unpaired) electrons. The van der Waals surface area contributed by atoms with Crippen molar-refractivity contribution in [3.05, 3.63) is 10.6 Å². The number of thioether (sulfide) groups is 1. The molecule has 6 atom stereocenters. The maximum absolute atomic E-state index is 12.8. The van der Waals surface area contributed by atoms with Gasteiger partial charge in [0.05, 0.1) is 24.5 Å². The molecule has 2 saturated heterocycles. The summed E-state index contributed by atoms with van der Waals surface area (Å²) in [7, 11) is 3.40. The van der Waals surface area contributed by atoms with Gasteiger partial charge in [0.15, 0.2) is 0 Å². The summed E-state index contributed by atoms with van der Waals surface area (Å²) in [5.41, 5.74) is 0.0200. The van der Waals surface area contributed by atoms with Crippen LogP contribution in [0.4, 0.5) is 0 Å². The average molecular weight is 441 g/mol. The Morgan fingerprint density at radius 1 is 1.33 bits per heavy atom. The second-order valence-corrected chi connectivity index (χ2v) is 9.61. The van der Waals surface area contributed by atoms with Crippen molar-refractivity contribution in [3.63, 3.8) is 0 Å². The molecule has 0 saturated carbocycles. The lowest BCUT2D eigenvalue weighted by Gasteiger charge is -2.47. The fraction of sp³-hybridized carbons (Fsp3) is 0.684. The van der Waals surface area contributed by atoms with E-state index in [-0.39, 0.29) is 53.3 Å². The minimum absolute atomic E-state index is 0.0117. The summed E-state index contributed by atoms with van der Waals surface area (Å²) in [6, 6.07) is -0.988. The van der Waals surface area contributed by atoms with Crippen LogP contribution < -0.4 is 10.6 Å². The quantitative estimate of drug-likeness (QED) is 0.363. The van der Waals surface area contributed by atoms with Gasteiger partial charge in [0.1, 0.15) is 5.70 Å². The van der Waals surface area contributed by atoms with Crippen molar-refractivity contribution in [2.75, 3.05) is 27.2 Å². The van der Waals surface area contributed by atoms with Gasteiger partial charge in [-0.05, 0) is 13.3 Å². The topological polar surface area (TPSA) is 139 Å². The van der Waals surface area contributed by atoms with E-state index in [2.05, 4.69) is 10.6 Å². The Bertz CT molecular complexity index is 800. The maximum atomic E-state index is 12.8. The van der Waals surface area contributed by atoms with Crippen LogP contribution in [0.2, 0.25) is 0 Å². The smallest absolute Gasteiger partial charge is 0.353 e. The minimum Gasteiger partial charge on any atom is -0.480 e. The predicted octanol–water partition coefficient (Wildman–Crippen LogP) is -0.626. The van der Waals surface area contributed by atoms with E-state index in [0.717, 1.165) is 0 Å². The van der Waals surface area contributed by atoms with Crippen molar-refractivity contribution in [3.8, 4) is 0 Å². The molecule has 3 heterocycles. The number of nitrogens with zero attached hydrogens (tertiary/aromatic N) is 2. The van der Waals surface area contributed by atoms with E-state index in [0.29, 0.717) is 17.9 Å². The van der Waals surface area contributed by atoms with Crippen molar-refractivity contribution in [1.82, 2.24) is 20.4 Å². The van der Waals surface area contributed by atoms with E-state index in [1.807, 2.05) is 6.92 Å². The number of fused-ring (bicyclic) bond motifs is 1. The van der Waals surface area contributed by atoms with Crippen LogP contribution in [0.5, 0.6) is 0 Å². The molecule has 0 bridgehead atoms. The summed E-state index contributed by atoms with van der Waals surface area (Å²) in [6.45, 7) is 3.97. The van der Waals surface area contributed by atoms with E-state index >= 15 is 0 Å². The first-order valence-corrected chi connectivity index (χ1v) is 10.8. The van der Waals surface area contributed by atoms with Crippen LogP contribution in [0.1, 0.15) is 20.3 Å². The molecule has 166 valence electrons. The highest BCUT2D eigenvalue weighted by Crippen LogP contribution is 2.51. The van der Waals surface area contributed by atoms with E-state index < -0.39 is 17.9 Å². The molecule has 0 aromatic heterocycles. The number of carbonyl (C=O) groups excluding carboxylic acids is 2. The van der Waals surface area contributed by atoms with Crippen molar-refractivity contribution < 1.29 is 29.4 Å². The first-order valence-electron chi connectivity index (χ1n) is 9.91. The fourth-order valence-corrected chi connectivity index (χ4v) is 6.02. The van der Waals surface area contributed by atoms with E-state index in [1.165, 1.54) is 21.6 Å². The number of β-lactam (4-membered cyclic amide) rings is 1. The molecule has 3 aliphatic heterocycles.